The number of halogens is 4. The molecular formula is C29H16F4N4O. The van der Waals surface area contributed by atoms with Gasteiger partial charge < -0.3 is 0 Å². The Labute approximate surface area is 212 Å². The van der Waals surface area contributed by atoms with E-state index in [0.717, 1.165) is 10.7 Å². The highest BCUT2D eigenvalue weighted by atomic mass is 19.4. The molecule has 0 saturated carbocycles. The largest absolute Gasteiger partial charge is 0.417 e. The van der Waals surface area contributed by atoms with Gasteiger partial charge in [-0.2, -0.15) is 23.0 Å². The van der Waals surface area contributed by atoms with Crippen LogP contribution in [0, 0.1) is 5.82 Å². The monoisotopic (exact) mass is 512 g/mol. The Balaban J connectivity index is 1.74. The van der Waals surface area contributed by atoms with Crippen LogP contribution in [-0.2, 0) is 6.18 Å². The Morgan fingerprint density at radius 1 is 0.763 bits per heavy atom. The zero-order chi connectivity index (χ0) is 26.4. The SMILES string of the molecule is O=c1c2ccccc2c(-c2ccc(F)cc2)nn1-c1nc2ncccc2cc1-c1ccccc1C(F)(F)F. The van der Waals surface area contributed by atoms with Crippen molar-refractivity contribution in [1.82, 2.24) is 19.7 Å². The Morgan fingerprint density at radius 3 is 2.24 bits per heavy atom. The van der Waals surface area contributed by atoms with Gasteiger partial charge >= 0.3 is 6.18 Å². The average molecular weight is 512 g/mol. The number of rotatable bonds is 3. The number of benzene rings is 3. The Morgan fingerprint density at radius 2 is 1.47 bits per heavy atom. The van der Waals surface area contributed by atoms with Crippen LogP contribution in [0.4, 0.5) is 17.6 Å². The molecular weight excluding hydrogens is 496 g/mol. The molecule has 6 rings (SSSR count). The van der Waals surface area contributed by atoms with E-state index < -0.39 is 23.1 Å². The van der Waals surface area contributed by atoms with Crippen molar-refractivity contribution >= 4 is 21.8 Å². The van der Waals surface area contributed by atoms with Crippen molar-refractivity contribution in [2.45, 2.75) is 6.18 Å². The summed E-state index contributed by atoms with van der Waals surface area (Å²) < 4.78 is 56.8. The summed E-state index contributed by atoms with van der Waals surface area (Å²) in [6, 6.07) is 22.3. The fourth-order valence-corrected chi connectivity index (χ4v) is 4.47. The second kappa shape index (κ2) is 8.88. The highest BCUT2D eigenvalue weighted by Crippen LogP contribution is 2.39. The lowest BCUT2D eigenvalue weighted by Gasteiger charge is -2.17. The maximum atomic E-state index is 14.0. The summed E-state index contributed by atoms with van der Waals surface area (Å²) >= 11 is 0. The molecule has 0 saturated heterocycles. The first-order chi connectivity index (χ1) is 18.3. The second-order valence-corrected chi connectivity index (χ2v) is 8.57. The molecule has 6 aromatic rings. The van der Waals surface area contributed by atoms with Crippen LogP contribution in [0.3, 0.4) is 0 Å². The minimum Gasteiger partial charge on any atom is -0.267 e. The molecule has 0 radical (unpaired) electrons. The summed E-state index contributed by atoms with van der Waals surface area (Å²) in [7, 11) is 0. The number of alkyl halides is 3. The minimum absolute atomic E-state index is 0.0633. The molecule has 0 bridgehead atoms. The van der Waals surface area contributed by atoms with E-state index in [2.05, 4.69) is 15.1 Å². The third kappa shape index (κ3) is 3.98. The van der Waals surface area contributed by atoms with Crippen molar-refractivity contribution in [3.63, 3.8) is 0 Å². The summed E-state index contributed by atoms with van der Waals surface area (Å²) in [5.74, 6) is -0.549. The summed E-state index contributed by atoms with van der Waals surface area (Å²) in [6.07, 6.45) is -3.15. The Bertz CT molecular complexity index is 1900. The van der Waals surface area contributed by atoms with E-state index in [9.17, 15) is 22.4 Å². The molecule has 9 heteroatoms. The molecule has 3 aromatic heterocycles. The third-order valence-electron chi connectivity index (χ3n) is 6.22. The van der Waals surface area contributed by atoms with E-state index in [1.807, 2.05) is 0 Å². The van der Waals surface area contributed by atoms with Crippen molar-refractivity contribution in [2.75, 3.05) is 0 Å². The minimum atomic E-state index is -4.65. The molecule has 0 aliphatic carbocycles. The second-order valence-electron chi connectivity index (χ2n) is 8.57. The lowest BCUT2D eigenvalue weighted by Crippen LogP contribution is -2.24. The molecule has 0 amide bonds. The molecule has 0 unspecified atom stereocenters. The summed E-state index contributed by atoms with van der Waals surface area (Å²) in [4.78, 5) is 22.5. The smallest absolute Gasteiger partial charge is 0.267 e. The van der Waals surface area contributed by atoms with Gasteiger partial charge in [-0.25, -0.2) is 14.4 Å². The number of hydrogen-bond acceptors (Lipinski definition) is 4. The molecule has 0 atom stereocenters. The van der Waals surface area contributed by atoms with Gasteiger partial charge in [0.05, 0.1) is 16.6 Å². The van der Waals surface area contributed by atoms with Crippen LogP contribution in [0.1, 0.15) is 5.56 Å². The number of pyridine rings is 2. The molecule has 0 aliphatic heterocycles. The van der Waals surface area contributed by atoms with Gasteiger partial charge in [-0.15, -0.1) is 0 Å². The quantitative estimate of drug-likeness (QED) is 0.244. The van der Waals surface area contributed by atoms with E-state index in [4.69, 9.17) is 0 Å². The van der Waals surface area contributed by atoms with Crippen LogP contribution in [0.2, 0.25) is 0 Å². The van der Waals surface area contributed by atoms with E-state index in [1.165, 1.54) is 54.7 Å². The van der Waals surface area contributed by atoms with E-state index >= 15 is 0 Å². The van der Waals surface area contributed by atoms with E-state index in [0.29, 0.717) is 22.0 Å². The molecule has 0 N–H and O–H groups in total. The highest BCUT2D eigenvalue weighted by molar-refractivity contribution is 5.94. The zero-order valence-corrected chi connectivity index (χ0v) is 19.4. The third-order valence-corrected chi connectivity index (χ3v) is 6.22. The molecule has 3 heterocycles. The van der Waals surface area contributed by atoms with Gasteiger partial charge in [0.1, 0.15) is 5.82 Å². The first-order valence-electron chi connectivity index (χ1n) is 11.5. The zero-order valence-electron chi connectivity index (χ0n) is 19.4. The fraction of sp³-hybridized carbons (Fsp3) is 0.0345. The molecule has 5 nitrogen and oxygen atoms in total. The van der Waals surface area contributed by atoms with Crippen molar-refractivity contribution in [3.8, 4) is 28.2 Å². The average Bonchev–Trinajstić information content (AvgIpc) is 2.93. The number of fused-ring (bicyclic) bond motifs is 2. The summed E-state index contributed by atoms with van der Waals surface area (Å²) in [5, 5.41) is 5.85. The summed E-state index contributed by atoms with van der Waals surface area (Å²) in [5.41, 5.74) is -0.433. The van der Waals surface area contributed by atoms with Gasteiger partial charge in [-0.1, -0.05) is 36.4 Å². The van der Waals surface area contributed by atoms with Gasteiger partial charge in [0, 0.05) is 28.1 Å². The maximum absolute atomic E-state index is 14.0. The number of aromatic nitrogens is 4. The first kappa shape index (κ1) is 23.5. The maximum Gasteiger partial charge on any atom is 0.417 e. The molecule has 0 spiro atoms. The first-order valence-corrected chi connectivity index (χ1v) is 11.5. The predicted molar refractivity (Wildman–Crippen MR) is 136 cm³/mol. The van der Waals surface area contributed by atoms with Crippen LogP contribution in [-0.4, -0.2) is 19.7 Å². The summed E-state index contributed by atoms with van der Waals surface area (Å²) in [6.45, 7) is 0. The Hall–Kier alpha value is -4.92. The Kier molecular flexibility index (Phi) is 5.48. The standard InChI is InChI=1S/C29H16F4N4O/c30-19-13-11-17(12-14-19)25-21-8-1-2-9-22(21)28(38)37(36-25)27-23(16-18-6-5-15-34-26(18)35-27)20-7-3-4-10-24(20)29(31,32)33/h1-16H. The lowest BCUT2D eigenvalue weighted by molar-refractivity contribution is -0.137. The van der Waals surface area contributed by atoms with Gasteiger partial charge in [0.2, 0.25) is 0 Å². The van der Waals surface area contributed by atoms with Crippen LogP contribution < -0.4 is 5.56 Å². The van der Waals surface area contributed by atoms with Gasteiger partial charge in [-0.3, -0.25) is 4.79 Å². The fourth-order valence-electron chi connectivity index (χ4n) is 4.47. The molecule has 0 aliphatic rings. The molecule has 0 fully saturated rings. The lowest BCUT2D eigenvalue weighted by atomic mass is 9.98. The van der Waals surface area contributed by atoms with E-state index in [-0.39, 0.29) is 28.0 Å². The molecule has 38 heavy (non-hydrogen) atoms. The molecule has 3 aromatic carbocycles. The van der Waals surface area contributed by atoms with Crippen molar-refractivity contribution < 1.29 is 17.6 Å². The van der Waals surface area contributed by atoms with Crippen molar-refractivity contribution in [3.05, 3.63) is 119 Å². The van der Waals surface area contributed by atoms with Crippen molar-refractivity contribution in [2.24, 2.45) is 0 Å². The highest BCUT2D eigenvalue weighted by Gasteiger charge is 2.34. The predicted octanol–water partition coefficient (Wildman–Crippen LogP) is 6.82. The van der Waals surface area contributed by atoms with Crippen LogP contribution in [0.25, 0.3) is 50.0 Å². The van der Waals surface area contributed by atoms with Gasteiger partial charge in [-0.05, 0) is 60.2 Å². The topological polar surface area (TPSA) is 60.7 Å². The van der Waals surface area contributed by atoms with E-state index in [1.54, 1.807) is 36.4 Å². The normalized spacial score (nSPS) is 11.8. The van der Waals surface area contributed by atoms with Crippen LogP contribution in [0.5, 0.6) is 0 Å². The number of nitrogens with zero attached hydrogens (tertiary/aromatic N) is 4. The van der Waals surface area contributed by atoms with Gasteiger partial charge in [0.25, 0.3) is 5.56 Å². The molecule has 186 valence electrons. The van der Waals surface area contributed by atoms with Crippen LogP contribution in [0.15, 0.2) is 102 Å². The number of hydrogen-bond donors (Lipinski definition) is 0. The van der Waals surface area contributed by atoms with Crippen molar-refractivity contribution in [1.29, 1.82) is 0 Å². The van der Waals surface area contributed by atoms with Gasteiger partial charge in [0.15, 0.2) is 11.5 Å². The van der Waals surface area contributed by atoms with Crippen LogP contribution >= 0.6 is 0 Å².